The molecule has 0 aliphatic rings. The molecule has 2 heterocycles. The summed E-state index contributed by atoms with van der Waals surface area (Å²) >= 11 is 0. The molecule has 0 aliphatic carbocycles. The van der Waals surface area contributed by atoms with E-state index in [-0.39, 0.29) is 17.2 Å². The van der Waals surface area contributed by atoms with Crippen LogP contribution in [-0.4, -0.2) is 32.4 Å². The molecular weight excluding hydrogens is 336 g/mol. The number of nitrogens with one attached hydrogen (secondary N) is 2. The van der Waals surface area contributed by atoms with Crippen LogP contribution in [0.15, 0.2) is 30.6 Å². The SMILES string of the molecule is CC(C)(C)OC(=O)Nc1ccc(C(=O)Nc2ccn(C(F)F)n2)cn1. The highest BCUT2D eigenvalue weighted by Crippen LogP contribution is 2.14. The highest BCUT2D eigenvalue weighted by molar-refractivity contribution is 6.03. The number of pyridine rings is 1. The summed E-state index contributed by atoms with van der Waals surface area (Å²) < 4.78 is 30.3. The first-order chi connectivity index (χ1) is 11.6. The van der Waals surface area contributed by atoms with Gasteiger partial charge in [-0.05, 0) is 32.9 Å². The van der Waals surface area contributed by atoms with Crippen LogP contribution in [0.2, 0.25) is 0 Å². The van der Waals surface area contributed by atoms with Crippen molar-refractivity contribution in [1.29, 1.82) is 0 Å². The van der Waals surface area contributed by atoms with Gasteiger partial charge in [-0.2, -0.15) is 13.9 Å². The van der Waals surface area contributed by atoms with Crippen molar-refractivity contribution in [1.82, 2.24) is 14.8 Å². The normalized spacial score (nSPS) is 11.3. The summed E-state index contributed by atoms with van der Waals surface area (Å²) in [6.45, 7) is 2.39. The zero-order chi connectivity index (χ0) is 18.6. The maximum Gasteiger partial charge on any atom is 0.413 e. The van der Waals surface area contributed by atoms with E-state index in [1.807, 2.05) is 0 Å². The molecule has 0 aromatic carbocycles. The number of aromatic nitrogens is 3. The fourth-order valence-corrected chi connectivity index (χ4v) is 1.71. The van der Waals surface area contributed by atoms with Gasteiger partial charge in [0.05, 0.1) is 5.56 Å². The lowest BCUT2D eigenvalue weighted by molar-refractivity contribution is 0.0567. The van der Waals surface area contributed by atoms with E-state index in [9.17, 15) is 18.4 Å². The molecule has 0 saturated heterocycles. The van der Waals surface area contributed by atoms with Crippen molar-refractivity contribution >= 4 is 23.6 Å². The number of nitrogens with zero attached hydrogens (tertiary/aromatic N) is 3. The Labute approximate surface area is 142 Å². The molecule has 0 aliphatic heterocycles. The molecule has 2 N–H and O–H groups in total. The van der Waals surface area contributed by atoms with Crippen molar-refractivity contribution in [2.75, 3.05) is 10.6 Å². The second kappa shape index (κ2) is 7.24. The lowest BCUT2D eigenvalue weighted by atomic mass is 10.2. The first-order valence-electron chi connectivity index (χ1n) is 7.25. The summed E-state index contributed by atoms with van der Waals surface area (Å²) in [5, 5.41) is 8.30. The number of anilines is 2. The van der Waals surface area contributed by atoms with E-state index in [4.69, 9.17) is 4.74 Å². The molecule has 0 atom stereocenters. The molecule has 0 saturated carbocycles. The summed E-state index contributed by atoms with van der Waals surface area (Å²) in [5.74, 6) is -0.384. The Bertz CT molecular complexity index is 753. The highest BCUT2D eigenvalue weighted by atomic mass is 19.3. The minimum absolute atomic E-state index is 0.0127. The maximum atomic E-state index is 12.4. The molecule has 10 heteroatoms. The van der Waals surface area contributed by atoms with Gasteiger partial charge in [-0.1, -0.05) is 0 Å². The summed E-state index contributed by atoms with van der Waals surface area (Å²) in [4.78, 5) is 27.6. The number of hydrogen-bond donors (Lipinski definition) is 2. The van der Waals surface area contributed by atoms with E-state index < -0.39 is 24.2 Å². The molecule has 0 bridgehead atoms. The predicted octanol–water partition coefficient (Wildman–Crippen LogP) is 3.27. The molecule has 2 rings (SSSR count). The van der Waals surface area contributed by atoms with Crippen molar-refractivity contribution in [3.63, 3.8) is 0 Å². The van der Waals surface area contributed by atoms with Crippen LogP contribution in [0.1, 0.15) is 37.7 Å². The number of ether oxygens (including phenoxy) is 1. The van der Waals surface area contributed by atoms with Gasteiger partial charge in [0.15, 0.2) is 5.82 Å². The second-order valence-electron chi connectivity index (χ2n) is 5.97. The first kappa shape index (κ1) is 18.3. The van der Waals surface area contributed by atoms with E-state index in [2.05, 4.69) is 20.7 Å². The molecule has 2 aromatic heterocycles. The molecule has 0 spiro atoms. The van der Waals surface area contributed by atoms with Gasteiger partial charge in [-0.3, -0.25) is 10.1 Å². The predicted molar refractivity (Wildman–Crippen MR) is 85.5 cm³/mol. The van der Waals surface area contributed by atoms with Crippen LogP contribution in [0.4, 0.5) is 25.2 Å². The molecule has 8 nitrogen and oxygen atoms in total. The number of carbonyl (C=O) groups excluding carboxylic acids is 2. The van der Waals surface area contributed by atoms with Gasteiger partial charge in [-0.15, -0.1) is 0 Å². The molecule has 2 aromatic rings. The van der Waals surface area contributed by atoms with Gasteiger partial charge in [0.2, 0.25) is 0 Å². The monoisotopic (exact) mass is 353 g/mol. The van der Waals surface area contributed by atoms with E-state index in [0.29, 0.717) is 4.68 Å². The lowest BCUT2D eigenvalue weighted by Crippen LogP contribution is -2.27. The van der Waals surface area contributed by atoms with Crippen LogP contribution < -0.4 is 10.6 Å². The Balaban J connectivity index is 1.96. The summed E-state index contributed by atoms with van der Waals surface area (Å²) in [6.07, 6.45) is 1.60. The summed E-state index contributed by atoms with van der Waals surface area (Å²) in [5.41, 5.74) is -0.479. The topological polar surface area (TPSA) is 98.1 Å². The quantitative estimate of drug-likeness (QED) is 0.879. The van der Waals surface area contributed by atoms with Gasteiger partial charge in [0.25, 0.3) is 5.91 Å². The van der Waals surface area contributed by atoms with Crippen LogP contribution in [0.3, 0.4) is 0 Å². The summed E-state index contributed by atoms with van der Waals surface area (Å²) in [6, 6.07) is 4.08. The fraction of sp³-hybridized carbons (Fsp3) is 0.333. The first-order valence-corrected chi connectivity index (χ1v) is 7.25. The number of alkyl halides is 2. The average Bonchev–Trinajstić information content (AvgIpc) is 2.94. The number of amides is 2. The molecule has 25 heavy (non-hydrogen) atoms. The Hall–Kier alpha value is -3.04. The van der Waals surface area contributed by atoms with Gasteiger partial charge in [0.1, 0.15) is 11.4 Å². The maximum absolute atomic E-state index is 12.4. The van der Waals surface area contributed by atoms with E-state index in [0.717, 1.165) is 6.20 Å². The van der Waals surface area contributed by atoms with Crippen molar-refractivity contribution in [2.45, 2.75) is 32.9 Å². The smallest absolute Gasteiger partial charge is 0.413 e. The van der Waals surface area contributed by atoms with E-state index in [1.165, 1.54) is 24.4 Å². The third-order valence-electron chi connectivity index (χ3n) is 2.70. The minimum Gasteiger partial charge on any atom is -0.444 e. The van der Waals surface area contributed by atoms with Gasteiger partial charge in [0, 0.05) is 18.5 Å². The highest BCUT2D eigenvalue weighted by Gasteiger charge is 2.17. The van der Waals surface area contributed by atoms with Crippen molar-refractivity contribution in [2.24, 2.45) is 0 Å². The lowest BCUT2D eigenvalue weighted by Gasteiger charge is -2.19. The molecule has 2 amide bonds. The second-order valence-corrected chi connectivity index (χ2v) is 5.97. The number of hydrogen-bond acceptors (Lipinski definition) is 5. The van der Waals surface area contributed by atoms with Gasteiger partial charge in [-0.25, -0.2) is 14.5 Å². The molecule has 134 valence electrons. The zero-order valence-corrected chi connectivity index (χ0v) is 13.8. The van der Waals surface area contributed by atoms with Crippen LogP contribution in [0.25, 0.3) is 0 Å². The zero-order valence-electron chi connectivity index (χ0n) is 13.8. The molecular formula is C15H17F2N5O3. The number of halogens is 2. The van der Waals surface area contributed by atoms with E-state index >= 15 is 0 Å². The van der Waals surface area contributed by atoms with Gasteiger partial charge < -0.3 is 10.1 Å². The van der Waals surface area contributed by atoms with E-state index in [1.54, 1.807) is 20.8 Å². The number of rotatable bonds is 4. The molecule has 0 radical (unpaired) electrons. The van der Waals surface area contributed by atoms with Crippen molar-refractivity contribution in [3.8, 4) is 0 Å². The standard InChI is InChI=1S/C15H17F2N5O3/c1-15(2,3)25-14(24)20-10-5-4-9(8-18-10)12(23)19-11-6-7-22(21-11)13(16)17/h4-8,13H,1-3H3,(H,18,20,24)(H,19,21,23). The Kier molecular flexibility index (Phi) is 5.30. The number of carbonyl (C=O) groups is 2. The van der Waals surface area contributed by atoms with Crippen LogP contribution in [0, 0.1) is 0 Å². The average molecular weight is 353 g/mol. The van der Waals surface area contributed by atoms with Crippen molar-refractivity contribution in [3.05, 3.63) is 36.2 Å². The van der Waals surface area contributed by atoms with Gasteiger partial charge >= 0.3 is 12.6 Å². The third kappa shape index (κ3) is 5.52. The molecule has 0 unspecified atom stereocenters. The van der Waals surface area contributed by atoms with Crippen molar-refractivity contribution < 1.29 is 23.1 Å². The Morgan fingerprint density at radius 2 is 1.88 bits per heavy atom. The van der Waals surface area contributed by atoms with Crippen LogP contribution in [0.5, 0.6) is 0 Å². The third-order valence-corrected chi connectivity index (χ3v) is 2.70. The summed E-state index contributed by atoms with van der Waals surface area (Å²) in [7, 11) is 0. The Morgan fingerprint density at radius 1 is 1.16 bits per heavy atom. The van der Waals surface area contributed by atoms with Crippen LogP contribution in [-0.2, 0) is 4.74 Å². The fourth-order valence-electron chi connectivity index (χ4n) is 1.71. The Morgan fingerprint density at radius 3 is 2.40 bits per heavy atom. The largest absolute Gasteiger partial charge is 0.444 e. The van der Waals surface area contributed by atoms with Crippen LogP contribution >= 0.6 is 0 Å². The minimum atomic E-state index is -2.79. The molecule has 0 fully saturated rings.